The molecule has 0 bridgehead atoms. The lowest BCUT2D eigenvalue weighted by atomic mass is 9.90. The molecule has 0 aromatic heterocycles. The Balaban J connectivity index is 1.87. The van der Waals surface area contributed by atoms with Crippen LogP contribution in [0.5, 0.6) is 0 Å². The van der Waals surface area contributed by atoms with Gasteiger partial charge in [0.1, 0.15) is 6.54 Å². The Bertz CT molecular complexity index is 337. The number of hydrogen-bond donors (Lipinski definition) is 1. The molecule has 2 heterocycles. The highest BCUT2D eigenvalue weighted by Gasteiger charge is 2.36. The molecule has 2 rings (SSSR count). The third-order valence-corrected chi connectivity index (χ3v) is 4.47. The highest BCUT2D eigenvalue weighted by molar-refractivity contribution is 8.13. The molecule has 2 aliphatic rings. The van der Waals surface area contributed by atoms with E-state index in [1.807, 2.05) is 4.90 Å². The van der Waals surface area contributed by atoms with Crippen molar-refractivity contribution in [1.82, 2.24) is 9.80 Å². The molecule has 2 fully saturated rings. The molecule has 0 saturated carbocycles. The third kappa shape index (κ3) is 2.74. The molecular weight excluding hydrogens is 238 g/mol. The number of carbonyl (C=O) groups is 2. The van der Waals surface area contributed by atoms with Gasteiger partial charge >= 0.3 is 0 Å². The van der Waals surface area contributed by atoms with Gasteiger partial charge in [0.2, 0.25) is 5.91 Å². The molecule has 1 atom stereocenters. The number of thioether (sulfide) groups is 1. The molecule has 17 heavy (non-hydrogen) atoms. The zero-order chi connectivity index (χ0) is 12.5. The van der Waals surface area contributed by atoms with Crippen LogP contribution in [0.3, 0.4) is 0 Å². The topological polar surface area (TPSA) is 66.6 Å². The Morgan fingerprint density at radius 2 is 2.29 bits per heavy atom. The summed E-state index contributed by atoms with van der Waals surface area (Å²) in [6, 6.07) is 0. The predicted octanol–water partition coefficient (Wildman–Crippen LogP) is 0.353. The van der Waals surface area contributed by atoms with Gasteiger partial charge in [-0.2, -0.15) is 0 Å². The number of nitrogens with two attached hydrogens (primary N) is 1. The first-order valence-electron chi connectivity index (χ1n) is 5.94. The number of nitrogens with zero attached hydrogens (tertiary/aromatic N) is 2. The van der Waals surface area contributed by atoms with Crippen LogP contribution in [0.15, 0.2) is 0 Å². The molecule has 0 aromatic carbocycles. The summed E-state index contributed by atoms with van der Waals surface area (Å²) >= 11 is 1.29. The molecule has 2 amide bonds. The van der Waals surface area contributed by atoms with Crippen LogP contribution in [0.1, 0.15) is 13.3 Å². The molecule has 2 N–H and O–H groups in total. The molecule has 0 radical (unpaired) electrons. The van der Waals surface area contributed by atoms with Crippen LogP contribution in [-0.2, 0) is 4.79 Å². The summed E-state index contributed by atoms with van der Waals surface area (Å²) < 4.78 is 0. The average molecular weight is 257 g/mol. The summed E-state index contributed by atoms with van der Waals surface area (Å²) in [4.78, 5) is 26.9. The van der Waals surface area contributed by atoms with E-state index >= 15 is 0 Å². The molecule has 0 aliphatic carbocycles. The third-order valence-electron chi connectivity index (χ3n) is 3.57. The van der Waals surface area contributed by atoms with E-state index in [0.29, 0.717) is 13.1 Å². The second-order valence-corrected chi connectivity index (χ2v) is 6.16. The fraction of sp³-hybridized carbons (Fsp3) is 0.818. The first-order valence-corrected chi connectivity index (χ1v) is 6.92. The summed E-state index contributed by atoms with van der Waals surface area (Å²) in [5.74, 6) is 0.852. The van der Waals surface area contributed by atoms with Crippen molar-refractivity contribution >= 4 is 22.9 Å². The van der Waals surface area contributed by atoms with E-state index in [-0.39, 0.29) is 23.1 Å². The van der Waals surface area contributed by atoms with Gasteiger partial charge in [0.05, 0.1) is 0 Å². The summed E-state index contributed by atoms with van der Waals surface area (Å²) in [5.41, 5.74) is 5.77. The molecule has 2 saturated heterocycles. The van der Waals surface area contributed by atoms with E-state index < -0.39 is 0 Å². The number of hydrogen-bond acceptors (Lipinski definition) is 4. The molecule has 1 unspecified atom stereocenters. The lowest BCUT2D eigenvalue weighted by Crippen LogP contribution is -2.41. The minimum atomic E-state index is 0.0270. The maximum atomic E-state index is 12.0. The van der Waals surface area contributed by atoms with Gasteiger partial charge in [0.25, 0.3) is 5.24 Å². The van der Waals surface area contributed by atoms with Crippen LogP contribution >= 0.6 is 11.8 Å². The molecule has 2 aliphatic heterocycles. The number of likely N-dealkylation sites (tertiary alicyclic amines) is 1. The smallest absolute Gasteiger partial charge is 0.282 e. The fourth-order valence-corrected chi connectivity index (χ4v) is 3.06. The molecule has 0 spiro atoms. The van der Waals surface area contributed by atoms with Crippen molar-refractivity contribution in [2.24, 2.45) is 11.1 Å². The maximum Gasteiger partial charge on any atom is 0.282 e. The van der Waals surface area contributed by atoms with Crippen molar-refractivity contribution in [2.75, 3.05) is 38.5 Å². The first kappa shape index (κ1) is 12.7. The van der Waals surface area contributed by atoms with Crippen molar-refractivity contribution in [2.45, 2.75) is 13.3 Å². The zero-order valence-corrected chi connectivity index (χ0v) is 11.0. The summed E-state index contributed by atoms with van der Waals surface area (Å²) in [6.45, 7) is 5.12. The van der Waals surface area contributed by atoms with Crippen molar-refractivity contribution < 1.29 is 9.59 Å². The van der Waals surface area contributed by atoms with E-state index in [1.54, 1.807) is 4.90 Å². The average Bonchev–Trinajstić information content (AvgIpc) is 2.87. The molecular formula is C11H19N3O2S. The van der Waals surface area contributed by atoms with Gasteiger partial charge in [0.15, 0.2) is 0 Å². The molecule has 5 nitrogen and oxygen atoms in total. The standard InChI is InChI=1S/C11H19N3O2S/c1-11(7-12)2-3-14(8-11)9(15)6-13-4-5-17-10(13)16/h2-8,12H2,1H3. The SMILES string of the molecule is CC1(CN)CCN(C(=O)CN2CCSC2=O)C1. The van der Waals surface area contributed by atoms with Crippen LogP contribution in [0.2, 0.25) is 0 Å². The van der Waals surface area contributed by atoms with Crippen LogP contribution in [0, 0.1) is 5.41 Å². The lowest BCUT2D eigenvalue weighted by Gasteiger charge is -2.24. The minimum Gasteiger partial charge on any atom is -0.341 e. The second kappa shape index (κ2) is 4.86. The minimum absolute atomic E-state index is 0.0270. The number of amides is 2. The van der Waals surface area contributed by atoms with Crippen LogP contribution < -0.4 is 5.73 Å². The maximum absolute atomic E-state index is 12.0. The van der Waals surface area contributed by atoms with Gasteiger partial charge < -0.3 is 15.5 Å². The van der Waals surface area contributed by atoms with Gasteiger partial charge in [-0.25, -0.2) is 0 Å². The number of carbonyl (C=O) groups excluding carboxylic acids is 2. The largest absolute Gasteiger partial charge is 0.341 e. The predicted molar refractivity (Wildman–Crippen MR) is 67.8 cm³/mol. The monoisotopic (exact) mass is 257 g/mol. The van der Waals surface area contributed by atoms with Gasteiger partial charge in [-0.15, -0.1) is 0 Å². The Morgan fingerprint density at radius 1 is 1.53 bits per heavy atom. The van der Waals surface area contributed by atoms with Gasteiger partial charge in [0, 0.05) is 25.4 Å². The first-order chi connectivity index (χ1) is 8.04. The van der Waals surface area contributed by atoms with Crippen molar-refractivity contribution in [3.63, 3.8) is 0 Å². The Kier molecular flexibility index (Phi) is 3.63. The Hall–Kier alpha value is -0.750. The lowest BCUT2D eigenvalue weighted by molar-refractivity contribution is -0.130. The van der Waals surface area contributed by atoms with Gasteiger partial charge in [-0.05, 0) is 18.4 Å². The number of rotatable bonds is 3. The highest BCUT2D eigenvalue weighted by atomic mass is 32.2. The highest BCUT2D eigenvalue weighted by Crippen LogP contribution is 2.28. The normalized spacial score (nSPS) is 29.2. The Labute approximate surface area is 106 Å². The van der Waals surface area contributed by atoms with Gasteiger partial charge in [-0.3, -0.25) is 9.59 Å². The van der Waals surface area contributed by atoms with E-state index in [0.717, 1.165) is 25.3 Å². The summed E-state index contributed by atoms with van der Waals surface area (Å²) in [6.07, 6.45) is 0.956. The van der Waals surface area contributed by atoms with Crippen molar-refractivity contribution in [1.29, 1.82) is 0 Å². The van der Waals surface area contributed by atoms with Crippen LogP contribution in [-0.4, -0.2) is 59.4 Å². The van der Waals surface area contributed by atoms with Crippen LogP contribution in [0.25, 0.3) is 0 Å². The van der Waals surface area contributed by atoms with E-state index in [2.05, 4.69) is 6.92 Å². The Morgan fingerprint density at radius 3 is 2.82 bits per heavy atom. The fourth-order valence-electron chi connectivity index (χ4n) is 2.24. The second-order valence-electron chi connectivity index (χ2n) is 5.12. The summed E-state index contributed by atoms with van der Waals surface area (Å²) in [7, 11) is 0. The van der Waals surface area contributed by atoms with Crippen molar-refractivity contribution in [3.05, 3.63) is 0 Å². The molecule has 0 aromatic rings. The van der Waals surface area contributed by atoms with E-state index in [9.17, 15) is 9.59 Å². The quantitative estimate of drug-likeness (QED) is 0.792. The molecule has 6 heteroatoms. The van der Waals surface area contributed by atoms with E-state index in [4.69, 9.17) is 5.73 Å². The molecule has 96 valence electrons. The summed E-state index contributed by atoms with van der Waals surface area (Å²) in [5, 5.41) is 0.0270. The van der Waals surface area contributed by atoms with Crippen molar-refractivity contribution in [3.8, 4) is 0 Å². The van der Waals surface area contributed by atoms with Crippen LogP contribution in [0.4, 0.5) is 4.79 Å². The van der Waals surface area contributed by atoms with Gasteiger partial charge in [-0.1, -0.05) is 18.7 Å². The van der Waals surface area contributed by atoms with E-state index in [1.165, 1.54) is 11.8 Å². The zero-order valence-electron chi connectivity index (χ0n) is 10.1.